The minimum absolute atomic E-state index is 0.00558. The molecule has 11 atom stereocenters. The lowest BCUT2D eigenvalue weighted by atomic mass is 9.44. The molecule has 2 heterocycles. The van der Waals surface area contributed by atoms with Gasteiger partial charge in [-0.3, -0.25) is 14.4 Å². The van der Waals surface area contributed by atoms with Crippen molar-refractivity contribution in [3.8, 4) is 0 Å². The van der Waals surface area contributed by atoms with Gasteiger partial charge in [0.15, 0.2) is 23.6 Å². The standard InChI is InChI=1S/C44H55NO16/c1-22-27(59-38(52)32(49)31(26-16-13-17-55-26)45-39(53)57-20-40(4,5)6)19-44(54)36(60-37(51)25-14-11-10-12-15-25)34-42(9,28(48)18-29-43(34,21-56-29)61-24(3)47)35(50)33(58-23(2)46)30(22)41(44,7)8/h10-17,27-29,31-34,36,48-49,54H,18-21H2,1-9H3,(H,45,53)/t27?,28?,29?,31?,32?,33?,34?,36?,42-,43+,44?/m1/s1. The maximum atomic E-state index is 15.4. The van der Waals surface area contributed by atoms with E-state index in [1.807, 2.05) is 20.8 Å². The van der Waals surface area contributed by atoms with Crippen LogP contribution in [-0.2, 0) is 47.6 Å². The van der Waals surface area contributed by atoms with E-state index in [0.717, 1.165) is 13.8 Å². The van der Waals surface area contributed by atoms with Crippen LogP contribution in [0.15, 0.2) is 64.3 Å². The second-order valence-corrected chi connectivity index (χ2v) is 18.4. The Morgan fingerprint density at radius 2 is 1.64 bits per heavy atom. The summed E-state index contributed by atoms with van der Waals surface area (Å²) in [4.78, 5) is 82.6. The van der Waals surface area contributed by atoms with Crippen LogP contribution in [0.3, 0.4) is 0 Å². The van der Waals surface area contributed by atoms with Crippen LogP contribution in [0.2, 0.25) is 0 Å². The number of alkyl carbamates (subject to hydrolysis) is 1. The third kappa shape index (κ3) is 7.96. The van der Waals surface area contributed by atoms with Crippen molar-refractivity contribution in [3.63, 3.8) is 0 Å². The summed E-state index contributed by atoms with van der Waals surface area (Å²) in [6, 6.07) is 9.15. The fraction of sp³-hybridized carbons (Fsp3) is 0.591. The van der Waals surface area contributed by atoms with Crippen molar-refractivity contribution in [2.75, 3.05) is 13.2 Å². The molecule has 0 spiro atoms. The molecule has 1 saturated heterocycles. The summed E-state index contributed by atoms with van der Waals surface area (Å²) in [5.41, 5.74) is -8.17. The molecule has 0 radical (unpaired) electrons. The first-order valence-electron chi connectivity index (χ1n) is 20.1. The number of rotatable bonds is 10. The minimum Gasteiger partial charge on any atom is -0.467 e. The van der Waals surface area contributed by atoms with Crippen molar-refractivity contribution in [3.05, 3.63) is 71.2 Å². The van der Waals surface area contributed by atoms with Crippen molar-refractivity contribution < 1.29 is 76.9 Å². The van der Waals surface area contributed by atoms with Gasteiger partial charge in [0.25, 0.3) is 0 Å². The number of amides is 1. The van der Waals surface area contributed by atoms with Crippen molar-refractivity contribution in [2.24, 2.45) is 22.2 Å². The van der Waals surface area contributed by atoms with Crippen LogP contribution < -0.4 is 5.32 Å². The summed E-state index contributed by atoms with van der Waals surface area (Å²) in [5.74, 6) is -6.42. The third-order valence-electron chi connectivity index (χ3n) is 12.8. The normalized spacial score (nSPS) is 32.6. The van der Waals surface area contributed by atoms with Crippen molar-refractivity contribution >= 4 is 35.8 Å². The first kappa shape index (κ1) is 45.4. The Morgan fingerprint density at radius 3 is 2.20 bits per heavy atom. The molecule has 4 aliphatic rings. The molecule has 9 unspecified atom stereocenters. The van der Waals surface area contributed by atoms with Gasteiger partial charge in [0, 0.05) is 32.1 Å². The predicted octanol–water partition coefficient (Wildman–Crippen LogP) is 3.67. The SMILES string of the molecule is CC(=O)OC1C(=O)[C@]2(C)C(O)CC3OC[C@@]3(OC(C)=O)C2C(OC(=O)c2ccccc2)C2(O)CC(OC(=O)C(O)C(NC(=O)OCC(C)(C)C)c3ccco3)C(C)=C1C2(C)C. The molecule has 4 N–H and O–H groups in total. The Kier molecular flexibility index (Phi) is 12.1. The molecular weight excluding hydrogens is 798 g/mol. The number of nitrogens with one attached hydrogen (secondary N) is 1. The lowest BCUT2D eigenvalue weighted by molar-refractivity contribution is -0.346. The summed E-state index contributed by atoms with van der Waals surface area (Å²) in [6.07, 6.45) is -10.4. The number of esters is 4. The molecule has 61 heavy (non-hydrogen) atoms. The fourth-order valence-electron chi connectivity index (χ4n) is 9.59. The molecule has 17 nitrogen and oxygen atoms in total. The molecule has 1 aromatic carbocycles. The maximum absolute atomic E-state index is 15.4. The average Bonchev–Trinajstić information content (AvgIpc) is 3.72. The van der Waals surface area contributed by atoms with Gasteiger partial charge < -0.3 is 53.5 Å². The number of ether oxygens (including phenoxy) is 6. The highest BCUT2D eigenvalue weighted by Crippen LogP contribution is 2.64. The van der Waals surface area contributed by atoms with E-state index >= 15 is 4.79 Å². The number of Topliss-reactive ketones (excluding diaryl/α,β-unsaturated/α-hetero) is 1. The van der Waals surface area contributed by atoms with Crippen LogP contribution in [0.25, 0.3) is 0 Å². The second kappa shape index (κ2) is 16.3. The van der Waals surface area contributed by atoms with Gasteiger partial charge in [0.1, 0.15) is 35.7 Å². The van der Waals surface area contributed by atoms with Gasteiger partial charge in [-0.1, -0.05) is 52.8 Å². The molecule has 3 aliphatic carbocycles. The lowest BCUT2D eigenvalue weighted by Crippen LogP contribution is -2.82. The van der Waals surface area contributed by atoms with E-state index in [9.17, 15) is 39.3 Å². The minimum atomic E-state index is -2.41. The first-order chi connectivity index (χ1) is 28.4. The van der Waals surface area contributed by atoms with E-state index in [4.69, 9.17) is 32.8 Å². The van der Waals surface area contributed by atoms with Crippen LogP contribution in [0.5, 0.6) is 0 Å². The molecule has 2 aromatic rings. The monoisotopic (exact) mass is 853 g/mol. The molecule has 1 aromatic heterocycles. The quantitative estimate of drug-likeness (QED) is 0.151. The number of benzene rings is 1. The molecular formula is C44H55NO16. The Hall–Kier alpha value is -5.10. The fourth-order valence-corrected chi connectivity index (χ4v) is 9.59. The number of aliphatic hydroxyl groups is 3. The highest BCUT2D eigenvalue weighted by molar-refractivity contribution is 5.95. The van der Waals surface area contributed by atoms with E-state index in [0.29, 0.717) is 0 Å². The van der Waals surface area contributed by atoms with E-state index in [2.05, 4.69) is 5.32 Å². The average molecular weight is 854 g/mol. The summed E-state index contributed by atoms with van der Waals surface area (Å²) >= 11 is 0. The highest BCUT2D eigenvalue weighted by atomic mass is 16.6. The summed E-state index contributed by atoms with van der Waals surface area (Å²) in [6.45, 7) is 13.4. The Balaban J connectivity index is 1.51. The smallest absolute Gasteiger partial charge is 0.407 e. The number of hydrogen-bond donors (Lipinski definition) is 4. The third-order valence-corrected chi connectivity index (χ3v) is 12.8. The number of hydrogen-bond acceptors (Lipinski definition) is 16. The Labute approximate surface area is 353 Å². The highest BCUT2D eigenvalue weighted by Gasteiger charge is 2.78. The Morgan fingerprint density at radius 1 is 0.967 bits per heavy atom. The van der Waals surface area contributed by atoms with Gasteiger partial charge >= 0.3 is 30.0 Å². The van der Waals surface area contributed by atoms with Gasteiger partial charge in [-0.15, -0.1) is 0 Å². The number of ketones is 1. The maximum Gasteiger partial charge on any atom is 0.407 e. The number of fused-ring (bicyclic) bond motifs is 5. The number of carbonyl (C=O) groups excluding carboxylic acids is 6. The molecule has 2 bridgehead atoms. The van der Waals surface area contributed by atoms with Crippen LogP contribution >= 0.6 is 0 Å². The molecule has 1 aliphatic heterocycles. The van der Waals surface area contributed by atoms with E-state index in [-0.39, 0.29) is 42.1 Å². The predicted molar refractivity (Wildman–Crippen MR) is 210 cm³/mol. The lowest BCUT2D eigenvalue weighted by Gasteiger charge is -2.67. The van der Waals surface area contributed by atoms with E-state index < -0.39 is 118 Å². The zero-order valence-corrected chi connectivity index (χ0v) is 35.7. The van der Waals surface area contributed by atoms with E-state index in [1.165, 1.54) is 44.4 Å². The number of carbonyl (C=O) groups is 6. The molecule has 2 saturated carbocycles. The summed E-state index contributed by atoms with van der Waals surface area (Å²) in [5, 5.41) is 39.7. The van der Waals surface area contributed by atoms with Crippen LogP contribution in [0, 0.1) is 22.2 Å². The van der Waals surface area contributed by atoms with Crippen LogP contribution in [0.4, 0.5) is 4.79 Å². The topological polar surface area (TPSA) is 244 Å². The number of aliphatic hydroxyl groups excluding tert-OH is 2. The van der Waals surface area contributed by atoms with Gasteiger partial charge in [0.2, 0.25) is 0 Å². The molecule has 332 valence electrons. The largest absolute Gasteiger partial charge is 0.467 e. The first-order valence-corrected chi connectivity index (χ1v) is 20.1. The molecule has 6 rings (SSSR count). The van der Waals surface area contributed by atoms with Crippen molar-refractivity contribution in [1.82, 2.24) is 5.32 Å². The molecule has 17 heteroatoms. The Bertz CT molecular complexity index is 2070. The van der Waals surface area contributed by atoms with E-state index in [1.54, 1.807) is 32.0 Å². The van der Waals surface area contributed by atoms with Gasteiger partial charge in [-0.05, 0) is 54.7 Å². The van der Waals surface area contributed by atoms with Crippen LogP contribution in [-0.4, -0.2) is 112 Å². The van der Waals surface area contributed by atoms with Crippen molar-refractivity contribution in [1.29, 1.82) is 0 Å². The molecule has 3 fully saturated rings. The summed E-state index contributed by atoms with van der Waals surface area (Å²) < 4.78 is 40.8. The summed E-state index contributed by atoms with van der Waals surface area (Å²) in [7, 11) is 0. The van der Waals surface area contributed by atoms with Crippen LogP contribution in [0.1, 0.15) is 97.3 Å². The van der Waals surface area contributed by atoms with Gasteiger partial charge in [0.05, 0.1) is 42.5 Å². The second-order valence-electron chi connectivity index (χ2n) is 18.4. The van der Waals surface area contributed by atoms with Crippen molar-refractivity contribution in [2.45, 2.75) is 129 Å². The van der Waals surface area contributed by atoms with Gasteiger partial charge in [-0.2, -0.15) is 0 Å². The number of furan rings is 1. The zero-order chi connectivity index (χ0) is 45.0. The zero-order valence-electron chi connectivity index (χ0n) is 35.7. The van der Waals surface area contributed by atoms with Gasteiger partial charge in [-0.25, -0.2) is 14.4 Å². The molecule has 1 amide bonds.